The highest BCUT2D eigenvalue weighted by molar-refractivity contribution is 6.45. The average Bonchev–Trinajstić information content (AvgIpc) is 3.63. The molecule has 0 bridgehead atoms. The number of nitrogens with zero attached hydrogens (tertiary/aromatic N) is 7. The lowest BCUT2D eigenvalue weighted by Crippen LogP contribution is -2.48. The maximum atomic E-state index is 14.6. The van der Waals surface area contributed by atoms with Gasteiger partial charge in [0.05, 0.1) is 34.1 Å². The Kier molecular flexibility index (Phi) is 8.64. The summed E-state index contributed by atoms with van der Waals surface area (Å²) in [6.07, 6.45) is 4.86. The average molecular weight is 686 g/mol. The fraction of sp³-hybridized carbons (Fsp3) is 0.588. The van der Waals surface area contributed by atoms with Gasteiger partial charge in [0.2, 0.25) is 0 Å². The topological polar surface area (TPSA) is 103 Å². The van der Waals surface area contributed by atoms with Crippen LogP contribution >= 0.6 is 23.2 Å². The van der Waals surface area contributed by atoms with E-state index in [1.54, 1.807) is 14.1 Å². The summed E-state index contributed by atoms with van der Waals surface area (Å²) in [5, 5.41) is 0.968. The monoisotopic (exact) mass is 684 g/mol. The smallest absolute Gasteiger partial charge is 0.318 e. The van der Waals surface area contributed by atoms with Gasteiger partial charge < -0.3 is 20.3 Å². The summed E-state index contributed by atoms with van der Waals surface area (Å²) in [6, 6.07) is 6.50. The van der Waals surface area contributed by atoms with Crippen molar-refractivity contribution in [1.82, 2.24) is 24.7 Å². The molecule has 1 aromatic heterocycles. The van der Waals surface area contributed by atoms with E-state index < -0.39 is 6.17 Å². The van der Waals surface area contributed by atoms with Crippen LogP contribution in [0.4, 0.5) is 10.2 Å². The lowest BCUT2D eigenvalue weighted by Gasteiger charge is -2.45. The summed E-state index contributed by atoms with van der Waals surface area (Å²) in [5.74, 6) is 0.401. The number of rotatable bonds is 6. The molecule has 1 amide bonds. The van der Waals surface area contributed by atoms with E-state index >= 15 is 0 Å². The molecule has 3 atom stereocenters. The van der Waals surface area contributed by atoms with Gasteiger partial charge in [-0.25, -0.2) is 4.39 Å². The van der Waals surface area contributed by atoms with Gasteiger partial charge in [0.1, 0.15) is 24.3 Å². The van der Waals surface area contributed by atoms with E-state index in [0.29, 0.717) is 63.9 Å². The van der Waals surface area contributed by atoms with E-state index in [1.807, 2.05) is 12.1 Å². The second kappa shape index (κ2) is 12.5. The molecule has 2 aromatic rings. The minimum Gasteiger partial charge on any atom is -0.461 e. The fourth-order valence-corrected chi connectivity index (χ4v) is 8.94. The summed E-state index contributed by atoms with van der Waals surface area (Å²) in [7, 11) is 5.44. The van der Waals surface area contributed by atoms with Crippen LogP contribution in [-0.2, 0) is 29.7 Å². The molecular formula is C34H43Cl2FN8O2. The highest BCUT2D eigenvalue weighted by Crippen LogP contribution is 2.50. The number of hydrogen-bond acceptors (Lipinski definition) is 9. The van der Waals surface area contributed by atoms with Gasteiger partial charge >= 0.3 is 6.01 Å². The summed E-state index contributed by atoms with van der Waals surface area (Å²) in [4.78, 5) is 35.8. The molecule has 5 heterocycles. The van der Waals surface area contributed by atoms with Crippen LogP contribution in [0.3, 0.4) is 0 Å². The number of alkyl halides is 1. The number of anilines is 1. The van der Waals surface area contributed by atoms with Gasteiger partial charge in [-0.2, -0.15) is 9.97 Å². The molecule has 1 aliphatic carbocycles. The summed E-state index contributed by atoms with van der Waals surface area (Å²) >= 11 is 13.4. The van der Waals surface area contributed by atoms with Crippen molar-refractivity contribution in [3.8, 4) is 6.01 Å². The Balaban J connectivity index is 1.27. The van der Waals surface area contributed by atoms with Gasteiger partial charge in [0.15, 0.2) is 0 Å². The third-order valence-corrected chi connectivity index (χ3v) is 11.7. The van der Waals surface area contributed by atoms with Crippen molar-refractivity contribution < 1.29 is 13.9 Å². The van der Waals surface area contributed by atoms with Gasteiger partial charge in [-0.05, 0) is 62.9 Å². The number of aromatic nitrogens is 2. The molecule has 0 saturated carbocycles. The Morgan fingerprint density at radius 3 is 2.81 bits per heavy atom. The van der Waals surface area contributed by atoms with Crippen molar-refractivity contribution in [2.75, 3.05) is 65.4 Å². The van der Waals surface area contributed by atoms with E-state index in [0.717, 1.165) is 60.7 Å². The quantitative estimate of drug-likeness (QED) is 0.455. The van der Waals surface area contributed by atoms with Crippen molar-refractivity contribution in [1.29, 1.82) is 0 Å². The van der Waals surface area contributed by atoms with Crippen LogP contribution in [0.25, 0.3) is 0 Å². The first kappa shape index (κ1) is 32.6. The van der Waals surface area contributed by atoms with Crippen LogP contribution in [0.5, 0.6) is 6.01 Å². The van der Waals surface area contributed by atoms with Crippen LogP contribution < -0.4 is 15.4 Å². The molecule has 7 rings (SSSR count). The molecule has 2 saturated heterocycles. The maximum absolute atomic E-state index is 14.6. The molecule has 10 nitrogen and oxygen atoms in total. The molecule has 1 aromatic carbocycles. The molecular weight excluding hydrogens is 642 g/mol. The van der Waals surface area contributed by atoms with Gasteiger partial charge in [-0.3, -0.25) is 19.6 Å². The Hall–Kier alpha value is -2.99. The van der Waals surface area contributed by atoms with Crippen LogP contribution in [0.1, 0.15) is 54.5 Å². The first-order valence-electron chi connectivity index (χ1n) is 16.6. The molecule has 252 valence electrons. The Morgan fingerprint density at radius 2 is 2.00 bits per heavy atom. The van der Waals surface area contributed by atoms with Crippen LogP contribution in [0, 0.1) is 0 Å². The van der Waals surface area contributed by atoms with Crippen molar-refractivity contribution in [2.24, 2.45) is 10.7 Å². The lowest BCUT2D eigenvalue weighted by molar-refractivity contribution is -0.124. The number of halogens is 3. The number of fused-ring (bicyclic) bond motifs is 4. The third-order valence-electron chi connectivity index (χ3n) is 10.9. The van der Waals surface area contributed by atoms with Crippen LogP contribution in [-0.4, -0.2) is 108 Å². The molecule has 0 radical (unpaired) electrons. The number of carbonyl (C=O) groups is 1. The van der Waals surface area contributed by atoms with Gasteiger partial charge in [0.25, 0.3) is 5.91 Å². The Bertz CT molecular complexity index is 1650. The number of ether oxygens (including phenoxy) is 1. The molecule has 5 aliphatic rings. The molecule has 47 heavy (non-hydrogen) atoms. The van der Waals surface area contributed by atoms with Crippen LogP contribution in [0.15, 0.2) is 33.9 Å². The number of nitrogens with two attached hydrogens (primary N) is 1. The zero-order chi connectivity index (χ0) is 33.1. The molecule has 2 fully saturated rings. The number of likely N-dealkylation sites (N-methyl/N-ethyl adjacent to an activating group) is 2. The van der Waals surface area contributed by atoms with Gasteiger partial charge in [-0.1, -0.05) is 35.3 Å². The normalized spacial score (nSPS) is 28.0. The second-order valence-corrected chi connectivity index (χ2v) is 14.8. The highest BCUT2D eigenvalue weighted by atomic mass is 35.5. The number of amides is 1. The molecule has 2 N–H and O–H groups in total. The number of benzene rings is 1. The van der Waals surface area contributed by atoms with E-state index in [-0.39, 0.29) is 27.7 Å². The zero-order valence-corrected chi connectivity index (χ0v) is 28.9. The second-order valence-electron chi connectivity index (χ2n) is 14.0. The first-order valence-corrected chi connectivity index (χ1v) is 17.3. The number of hydrogen-bond donors (Lipinski definition) is 1. The predicted octanol–water partition coefficient (Wildman–Crippen LogP) is 4.06. The summed E-state index contributed by atoms with van der Waals surface area (Å²) in [5.41, 5.74) is 10.6. The van der Waals surface area contributed by atoms with E-state index in [9.17, 15) is 9.18 Å². The van der Waals surface area contributed by atoms with Gasteiger partial charge in [-0.15, -0.1) is 0 Å². The predicted molar refractivity (Wildman–Crippen MR) is 182 cm³/mol. The highest BCUT2D eigenvalue weighted by Gasteiger charge is 2.50. The van der Waals surface area contributed by atoms with Crippen molar-refractivity contribution in [3.63, 3.8) is 0 Å². The Morgan fingerprint density at radius 1 is 1.17 bits per heavy atom. The van der Waals surface area contributed by atoms with Crippen LogP contribution in [0.2, 0.25) is 5.02 Å². The summed E-state index contributed by atoms with van der Waals surface area (Å²) < 4.78 is 21.1. The van der Waals surface area contributed by atoms with Crippen molar-refractivity contribution in [3.05, 3.63) is 56.3 Å². The standard InChI is InChI=1S/C34H43Cl2FN8O2/c1-42(2)31(46)29(38)28(36)27-19-44(13-6-12-39-27)30-23-18-43(3)34(11-9-22-24(34)7-4-8-25(22)35)16-26(23)40-32(41-30)47-20-33-10-5-14-45(33)17-21(37)15-33/h4,7-8,21H,5-6,9-20,38H2,1-3H3/t21-,33+,34+/m1/s1. The minimum atomic E-state index is -0.844. The SMILES string of the molecule is CN(C)C(=O)C(N)=C(Cl)C1=NCCCN(c2nc(OC[C@@]34CCCN3C[C@H](F)C4)nc3c2CN(C)[C@@]2(CCc4c(Cl)cccc42)C3)C1. The molecule has 1 spiro atoms. The van der Waals surface area contributed by atoms with E-state index in [4.69, 9.17) is 48.6 Å². The molecule has 4 aliphatic heterocycles. The number of aliphatic imine (C=N–C) groups is 1. The fourth-order valence-electron chi connectivity index (χ4n) is 8.47. The summed E-state index contributed by atoms with van der Waals surface area (Å²) in [6.45, 7) is 3.88. The van der Waals surface area contributed by atoms with Crippen molar-refractivity contribution in [2.45, 2.75) is 68.7 Å². The van der Waals surface area contributed by atoms with Crippen molar-refractivity contribution >= 4 is 40.6 Å². The van der Waals surface area contributed by atoms with E-state index in [2.05, 4.69) is 27.8 Å². The minimum absolute atomic E-state index is 0.0330. The Labute approximate surface area is 285 Å². The van der Waals surface area contributed by atoms with Gasteiger partial charge in [0, 0.05) is 63.7 Å². The molecule has 13 heteroatoms. The zero-order valence-electron chi connectivity index (χ0n) is 27.4. The lowest BCUT2D eigenvalue weighted by atomic mass is 9.81. The third kappa shape index (κ3) is 5.66. The van der Waals surface area contributed by atoms with E-state index in [1.165, 1.54) is 16.0 Å². The maximum Gasteiger partial charge on any atom is 0.318 e. The largest absolute Gasteiger partial charge is 0.461 e. The first-order chi connectivity index (χ1) is 22.5. The number of carbonyl (C=O) groups excluding carboxylic acids is 1. The molecule has 0 unspecified atom stereocenters.